The Bertz CT molecular complexity index is 1080. The van der Waals surface area contributed by atoms with Gasteiger partial charge in [0.2, 0.25) is 0 Å². The molecule has 3 aromatic rings. The Balaban J connectivity index is 1.87. The monoisotopic (exact) mass is 501 g/mol. The molecular weight excluding hydrogens is 489 g/mol. The first-order chi connectivity index (χ1) is 15.2. The minimum absolute atomic E-state index is 0.0170. The zero-order chi connectivity index (χ0) is 24.6. The molecule has 0 saturated carbocycles. The van der Waals surface area contributed by atoms with Crippen molar-refractivity contribution in [3.63, 3.8) is 0 Å². The van der Waals surface area contributed by atoms with Gasteiger partial charge in [-0.1, -0.05) is 12.1 Å². The Morgan fingerprint density at radius 3 is 1.73 bits per heavy atom. The fourth-order valence-electron chi connectivity index (χ4n) is 2.71. The molecule has 0 fully saturated rings. The highest BCUT2D eigenvalue weighted by atomic mass is 32.1. The van der Waals surface area contributed by atoms with Gasteiger partial charge < -0.3 is 9.84 Å². The lowest BCUT2D eigenvalue weighted by molar-refractivity contribution is -0.143. The molecule has 0 saturated heterocycles. The average molecular weight is 501 g/mol. The summed E-state index contributed by atoms with van der Waals surface area (Å²) in [5.41, 5.74) is -3.72. The van der Waals surface area contributed by atoms with Crippen LogP contribution in [0.4, 0.5) is 39.5 Å². The van der Waals surface area contributed by atoms with Crippen molar-refractivity contribution in [3.05, 3.63) is 69.7 Å². The number of hydrogen-bond donors (Lipinski definition) is 1. The van der Waals surface area contributed by atoms with Crippen molar-refractivity contribution in [2.24, 2.45) is 0 Å². The van der Waals surface area contributed by atoms with Crippen molar-refractivity contribution in [1.29, 1.82) is 0 Å². The minimum Gasteiger partial charge on any atom is -0.487 e. The SMILES string of the molecule is OCc1sc(-c2ccc(C(F)(F)F)cc2)nc1COc1cc(C(F)(F)F)cc(C(F)(F)F)c1. The van der Waals surface area contributed by atoms with Crippen molar-refractivity contribution >= 4 is 11.3 Å². The Hall–Kier alpha value is -2.80. The lowest BCUT2D eigenvalue weighted by Gasteiger charge is -2.14. The Morgan fingerprint density at radius 1 is 0.758 bits per heavy atom. The van der Waals surface area contributed by atoms with Gasteiger partial charge in [0.05, 0.1) is 33.9 Å². The lowest BCUT2D eigenvalue weighted by atomic mass is 10.1. The second-order valence-electron chi connectivity index (χ2n) is 6.65. The summed E-state index contributed by atoms with van der Waals surface area (Å²) in [6.07, 6.45) is -14.6. The summed E-state index contributed by atoms with van der Waals surface area (Å²) in [5.74, 6) is -0.717. The number of benzene rings is 2. The smallest absolute Gasteiger partial charge is 0.416 e. The number of aliphatic hydroxyl groups excluding tert-OH is 1. The van der Waals surface area contributed by atoms with E-state index in [1.54, 1.807) is 0 Å². The van der Waals surface area contributed by atoms with Crippen LogP contribution >= 0.6 is 11.3 Å². The molecule has 3 rings (SSSR count). The molecular formula is C20H12F9NO2S. The maximum atomic E-state index is 13.0. The van der Waals surface area contributed by atoms with Crippen LogP contribution in [0.2, 0.25) is 0 Å². The first-order valence-electron chi connectivity index (χ1n) is 8.88. The molecule has 0 amide bonds. The van der Waals surface area contributed by atoms with Crippen LogP contribution < -0.4 is 4.74 Å². The molecule has 0 aliphatic heterocycles. The van der Waals surface area contributed by atoms with E-state index in [1.807, 2.05) is 0 Å². The van der Waals surface area contributed by atoms with Crippen LogP contribution in [-0.2, 0) is 31.7 Å². The predicted molar refractivity (Wildman–Crippen MR) is 99.3 cm³/mol. The molecule has 178 valence electrons. The maximum Gasteiger partial charge on any atom is 0.416 e. The summed E-state index contributed by atoms with van der Waals surface area (Å²) in [6, 6.07) is 4.71. The number of alkyl halides is 9. The summed E-state index contributed by atoms with van der Waals surface area (Å²) in [7, 11) is 0. The molecule has 0 radical (unpaired) electrons. The summed E-state index contributed by atoms with van der Waals surface area (Å²) in [6.45, 7) is -1.15. The van der Waals surface area contributed by atoms with Gasteiger partial charge in [-0.05, 0) is 30.3 Å². The molecule has 33 heavy (non-hydrogen) atoms. The molecule has 1 aromatic heterocycles. The number of aliphatic hydroxyl groups is 1. The van der Waals surface area contributed by atoms with E-state index >= 15 is 0 Å². The summed E-state index contributed by atoms with van der Waals surface area (Å²) in [5, 5.41) is 9.68. The molecule has 0 aliphatic rings. The van der Waals surface area contributed by atoms with Crippen LogP contribution in [0.3, 0.4) is 0 Å². The van der Waals surface area contributed by atoms with Crippen molar-refractivity contribution in [1.82, 2.24) is 4.98 Å². The van der Waals surface area contributed by atoms with Gasteiger partial charge in [0.1, 0.15) is 17.4 Å². The molecule has 1 heterocycles. The van der Waals surface area contributed by atoms with E-state index in [2.05, 4.69) is 4.98 Å². The highest BCUT2D eigenvalue weighted by Gasteiger charge is 2.37. The second-order valence-corrected chi connectivity index (χ2v) is 7.74. The number of ether oxygens (including phenoxy) is 1. The van der Waals surface area contributed by atoms with Gasteiger partial charge in [-0.2, -0.15) is 39.5 Å². The van der Waals surface area contributed by atoms with Crippen molar-refractivity contribution in [2.45, 2.75) is 31.7 Å². The van der Waals surface area contributed by atoms with Crippen LogP contribution in [0.25, 0.3) is 10.6 Å². The molecule has 0 bridgehead atoms. The van der Waals surface area contributed by atoms with E-state index in [0.717, 1.165) is 35.6 Å². The summed E-state index contributed by atoms with van der Waals surface area (Å²) < 4.78 is 121. The van der Waals surface area contributed by atoms with Gasteiger partial charge >= 0.3 is 18.5 Å². The molecule has 3 nitrogen and oxygen atoms in total. The predicted octanol–water partition coefficient (Wildman–Crippen LogP) is 6.94. The number of rotatable bonds is 5. The van der Waals surface area contributed by atoms with Crippen LogP contribution in [-0.4, -0.2) is 10.1 Å². The van der Waals surface area contributed by atoms with Gasteiger partial charge in [-0.15, -0.1) is 11.3 Å². The van der Waals surface area contributed by atoms with Crippen molar-refractivity contribution in [3.8, 4) is 16.3 Å². The zero-order valence-corrected chi connectivity index (χ0v) is 16.9. The number of halogens is 9. The standard InChI is InChI=1S/C20H12F9NO2S/c21-18(22,23)11-3-1-10(2-4-11)17-30-15(16(8-31)33-17)9-32-14-6-12(19(24,25)26)5-13(7-14)20(27,28)29/h1-7,31H,8-9H2. The van der Waals surface area contributed by atoms with Crippen LogP contribution in [0, 0.1) is 0 Å². The molecule has 0 aliphatic carbocycles. The van der Waals surface area contributed by atoms with Gasteiger partial charge in [0.25, 0.3) is 0 Å². The molecule has 0 spiro atoms. The zero-order valence-electron chi connectivity index (χ0n) is 16.1. The third-order valence-corrected chi connectivity index (χ3v) is 5.45. The Kier molecular flexibility index (Phi) is 6.67. The van der Waals surface area contributed by atoms with Gasteiger partial charge in [0, 0.05) is 5.56 Å². The van der Waals surface area contributed by atoms with Crippen LogP contribution in [0.5, 0.6) is 5.75 Å². The van der Waals surface area contributed by atoms with E-state index in [4.69, 9.17) is 4.74 Å². The number of hydrogen-bond acceptors (Lipinski definition) is 4. The van der Waals surface area contributed by atoms with E-state index in [0.29, 0.717) is 12.1 Å². The number of thiazole rings is 1. The highest BCUT2D eigenvalue weighted by molar-refractivity contribution is 7.15. The van der Waals surface area contributed by atoms with Gasteiger partial charge in [-0.25, -0.2) is 4.98 Å². The average Bonchev–Trinajstić information content (AvgIpc) is 3.13. The molecule has 0 unspecified atom stereocenters. The fraction of sp³-hybridized carbons (Fsp3) is 0.250. The normalized spacial score (nSPS) is 12.8. The fourth-order valence-corrected chi connectivity index (χ4v) is 3.64. The molecule has 0 atom stereocenters. The van der Waals surface area contributed by atoms with Gasteiger partial charge in [-0.3, -0.25) is 0 Å². The first kappa shape index (κ1) is 24.8. The van der Waals surface area contributed by atoms with E-state index < -0.39 is 54.2 Å². The topological polar surface area (TPSA) is 42.4 Å². The maximum absolute atomic E-state index is 13.0. The molecule has 2 aromatic carbocycles. The third-order valence-electron chi connectivity index (χ3n) is 4.32. The second kappa shape index (κ2) is 8.86. The lowest BCUT2D eigenvalue weighted by Crippen LogP contribution is -2.11. The quantitative estimate of drug-likeness (QED) is 0.386. The van der Waals surface area contributed by atoms with E-state index in [1.165, 1.54) is 0 Å². The molecule has 1 N–H and O–H groups in total. The van der Waals surface area contributed by atoms with Gasteiger partial charge in [0.15, 0.2) is 0 Å². The highest BCUT2D eigenvalue weighted by Crippen LogP contribution is 2.39. The third kappa shape index (κ3) is 5.96. The van der Waals surface area contributed by atoms with Crippen molar-refractivity contribution < 1.29 is 49.4 Å². The summed E-state index contributed by atoms with van der Waals surface area (Å²) >= 11 is 0.894. The van der Waals surface area contributed by atoms with Crippen molar-refractivity contribution in [2.75, 3.05) is 0 Å². The Morgan fingerprint density at radius 2 is 1.27 bits per heavy atom. The first-order valence-corrected chi connectivity index (χ1v) is 9.69. The number of nitrogens with zero attached hydrogens (tertiary/aromatic N) is 1. The van der Waals surface area contributed by atoms with Crippen LogP contribution in [0.15, 0.2) is 42.5 Å². The van der Waals surface area contributed by atoms with E-state index in [-0.39, 0.29) is 27.2 Å². The van der Waals surface area contributed by atoms with E-state index in [9.17, 15) is 44.6 Å². The largest absolute Gasteiger partial charge is 0.487 e. The van der Waals surface area contributed by atoms with Crippen LogP contribution in [0.1, 0.15) is 27.3 Å². The number of aromatic nitrogens is 1. The minimum atomic E-state index is -5.05. The molecule has 13 heteroatoms. The summed E-state index contributed by atoms with van der Waals surface area (Å²) in [4.78, 5) is 4.30. The Labute approximate surface area is 184 Å².